The molecule has 0 spiro atoms. The summed E-state index contributed by atoms with van der Waals surface area (Å²) in [7, 11) is 1.77. The Labute approximate surface area is 110 Å². The average Bonchev–Trinajstić information content (AvgIpc) is 2.91. The van der Waals surface area contributed by atoms with Crippen molar-refractivity contribution in [3.63, 3.8) is 0 Å². The number of hydrogen-bond donors (Lipinski definition) is 2. The van der Waals surface area contributed by atoms with E-state index >= 15 is 0 Å². The fourth-order valence-electron chi connectivity index (χ4n) is 1.31. The van der Waals surface area contributed by atoms with Gasteiger partial charge in [0, 0.05) is 7.05 Å². The number of nitrogen functional groups attached to an aromatic ring is 1. The van der Waals surface area contributed by atoms with Crippen LogP contribution in [0.5, 0.6) is 0 Å². The van der Waals surface area contributed by atoms with Gasteiger partial charge >= 0.3 is 0 Å². The van der Waals surface area contributed by atoms with Crippen molar-refractivity contribution < 1.29 is 5.11 Å². The van der Waals surface area contributed by atoms with Gasteiger partial charge in [0.15, 0.2) is 0 Å². The fourth-order valence-corrected chi connectivity index (χ4v) is 1.31. The van der Waals surface area contributed by atoms with Gasteiger partial charge in [-0.2, -0.15) is 24.7 Å². The first-order valence-electron chi connectivity index (χ1n) is 5.65. The maximum Gasteiger partial charge on any atom is 0.258 e. The van der Waals surface area contributed by atoms with E-state index in [9.17, 15) is 5.11 Å². The second-order valence-corrected chi connectivity index (χ2v) is 4.66. The predicted octanol–water partition coefficient (Wildman–Crippen LogP) is -0.758. The van der Waals surface area contributed by atoms with Crippen LogP contribution in [-0.4, -0.2) is 54.0 Å². The Bertz CT molecular complexity index is 553. The molecule has 2 aromatic rings. The molecule has 2 rings (SSSR count). The number of likely N-dealkylation sites (N-methyl/N-ethyl adjacent to an activating group) is 1. The largest absolute Gasteiger partial charge is 0.394 e. The van der Waals surface area contributed by atoms with Crippen molar-refractivity contribution in [3.8, 4) is 5.95 Å². The van der Waals surface area contributed by atoms with E-state index in [1.807, 2.05) is 13.8 Å². The second-order valence-electron chi connectivity index (χ2n) is 4.66. The van der Waals surface area contributed by atoms with Crippen molar-refractivity contribution in [2.75, 3.05) is 24.3 Å². The molecule has 0 aliphatic heterocycles. The Morgan fingerprint density at radius 3 is 2.68 bits per heavy atom. The Morgan fingerprint density at radius 1 is 1.37 bits per heavy atom. The number of aliphatic hydroxyl groups excluding tert-OH is 1. The van der Waals surface area contributed by atoms with Crippen LogP contribution >= 0.6 is 0 Å². The van der Waals surface area contributed by atoms with Crippen LogP contribution < -0.4 is 10.6 Å². The standard InChI is InChI=1S/C10H16N8O/c1-10(2,4-19)17(3)8-14-7(11)15-9(16-8)18-6-12-5-13-18/h5-6,19H,4H2,1-3H3,(H2,11,14,15,16). The Kier molecular flexibility index (Phi) is 3.30. The molecule has 0 aromatic carbocycles. The van der Waals surface area contributed by atoms with E-state index in [1.165, 1.54) is 17.3 Å². The van der Waals surface area contributed by atoms with Crippen molar-refractivity contribution in [2.24, 2.45) is 0 Å². The summed E-state index contributed by atoms with van der Waals surface area (Å²) < 4.78 is 1.39. The SMILES string of the molecule is CN(c1nc(N)nc(-n2cncn2)n1)C(C)(C)CO. The minimum atomic E-state index is -0.520. The van der Waals surface area contributed by atoms with Gasteiger partial charge in [0.2, 0.25) is 11.9 Å². The average molecular weight is 264 g/mol. The molecule has 2 heterocycles. The van der Waals surface area contributed by atoms with E-state index in [2.05, 4.69) is 25.0 Å². The lowest BCUT2D eigenvalue weighted by molar-refractivity contribution is 0.215. The summed E-state index contributed by atoms with van der Waals surface area (Å²) in [5.74, 6) is 0.716. The number of aromatic nitrogens is 6. The molecule has 0 aliphatic carbocycles. The smallest absolute Gasteiger partial charge is 0.258 e. The summed E-state index contributed by atoms with van der Waals surface area (Å²) in [6.45, 7) is 3.68. The van der Waals surface area contributed by atoms with E-state index < -0.39 is 5.54 Å². The van der Waals surface area contributed by atoms with Crippen LogP contribution in [0.1, 0.15) is 13.8 Å². The number of rotatable bonds is 4. The molecule has 9 nitrogen and oxygen atoms in total. The molecule has 19 heavy (non-hydrogen) atoms. The van der Waals surface area contributed by atoms with Gasteiger partial charge in [-0.25, -0.2) is 4.98 Å². The summed E-state index contributed by atoms with van der Waals surface area (Å²) in [5.41, 5.74) is 5.15. The van der Waals surface area contributed by atoms with Crippen LogP contribution in [0.15, 0.2) is 12.7 Å². The van der Waals surface area contributed by atoms with Gasteiger partial charge in [-0.05, 0) is 13.8 Å². The highest BCUT2D eigenvalue weighted by molar-refractivity contribution is 5.39. The summed E-state index contributed by atoms with van der Waals surface area (Å²) in [4.78, 5) is 17.9. The zero-order valence-corrected chi connectivity index (χ0v) is 11.0. The van der Waals surface area contributed by atoms with Crippen LogP contribution in [0.25, 0.3) is 5.95 Å². The van der Waals surface area contributed by atoms with Crippen molar-refractivity contribution in [2.45, 2.75) is 19.4 Å². The topological polar surface area (TPSA) is 119 Å². The lowest BCUT2D eigenvalue weighted by Crippen LogP contribution is -2.45. The fraction of sp³-hybridized carbons (Fsp3) is 0.500. The van der Waals surface area contributed by atoms with Crippen molar-refractivity contribution in [1.82, 2.24) is 29.7 Å². The highest BCUT2D eigenvalue weighted by Crippen LogP contribution is 2.19. The molecule has 2 aromatic heterocycles. The number of aliphatic hydroxyl groups is 1. The molecule has 3 N–H and O–H groups in total. The summed E-state index contributed by atoms with van der Waals surface area (Å²) in [6, 6.07) is 0. The van der Waals surface area contributed by atoms with E-state index in [0.29, 0.717) is 5.95 Å². The van der Waals surface area contributed by atoms with Gasteiger partial charge in [-0.3, -0.25) is 0 Å². The van der Waals surface area contributed by atoms with Gasteiger partial charge in [-0.15, -0.1) is 0 Å². The first kappa shape index (κ1) is 13.1. The second kappa shape index (κ2) is 4.76. The highest BCUT2D eigenvalue weighted by atomic mass is 16.3. The predicted molar refractivity (Wildman–Crippen MR) is 68.7 cm³/mol. The van der Waals surface area contributed by atoms with Crippen molar-refractivity contribution in [1.29, 1.82) is 0 Å². The van der Waals surface area contributed by atoms with Crippen LogP contribution in [0.2, 0.25) is 0 Å². The van der Waals surface area contributed by atoms with E-state index in [1.54, 1.807) is 11.9 Å². The third-order valence-electron chi connectivity index (χ3n) is 2.85. The molecule has 0 saturated carbocycles. The Balaban J connectivity index is 2.43. The summed E-state index contributed by atoms with van der Waals surface area (Å²) >= 11 is 0. The van der Waals surface area contributed by atoms with Crippen LogP contribution in [-0.2, 0) is 0 Å². The molecule has 0 fully saturated rings. The van der Waals surface area contributed by atoms with Gasteiger partial charge in [0.1, 0.15) is 12.7 Å². The molecule has 0 unspecified atom stereocenters. The lowest BCUT2D eigenvalue weighted by Gasteiger charge is -2.33. The zero-order valence-electron chi connectivity index (χ0n) is 11.0. The molecule has 102 valence electrons. The molecule has 0 bridgehead atoms. The van der Waals surface area contributed by atoms with Gasteiger partial charge in [0.05, 0.1) is 12.1 Å². The van der Waals surface area contributed by atoms with E-state index in [4.69, 9.17) is 5.73 Å². The highest BCUT2D eigenvalue weighted by Gasteiger charge is 2.25. The van der Waals surface area contributed by atoms with Crippen LogP contribution in [0, 0.1) is 0 Å². The maximum atomic E-state index is 9.38. The monoisotopic (exact) mass is 264 g/mol. The summed E-state index contributed by atoms with van der Waals surface area (Å²) in [5, 5.41) is 13.3. The van der Waals surface area contributed by atoms with E-state index in [-0.39, 0.29) is 18.5 Å². The number of nitrogens with two attached hydrogens (primary N) is 1. The Morgan fingerprint density at radius 2 is 2.11 bits per heavy atom. The molecular weight excluding hydrogens is 248 g/mol. The lowest BCUT2D eigenvalue weighted by atomic mass is 10.1. The number of nitrogens with zero attached hydrogens (tertiary/aromatic N) is 7. The minimum absolute atomic E-state index is 0.0479. The van der Waals surface area contributed by atoms with Crippen molar-refractivity contribution in [3.05, 3.63) is 12.7 Å². The number of anilines is 2. The van der Waals surface area contributed by atoms with Crippen LogP contribution in [0.4, 0.5) is 11.9 Å². The third-order valence-corrected chi connectivity index (χ3v) is 2.85. The molecular formula is C10H16N8O. The molecule has 0 amide bonds. The Hall–Kier alpha value is -2.29. The molecule has 0 atom stereocenters. The summed E-state index contributed by atoms with van der Waals surface area (Å²) in [6.07, 6.45) is 2.84. The van der Waals surface area contributed by atoms with Gasteiger partial charge in [0.25, 0.3) is 5.95 Å². The van der Waals surface area contributed by atoms with Gasteiger partial charge < -0.3 is 15.7 Å². The van der Waals surface area contributed by atoms with Crippen molar-refractivity contribution >= 4 is 11.9 Å². The van der Waals surface area contributed by atoms with E-state index in [0.717, 1.165) is 0 Å². The molecule has 0 aliphatic rings. The quantitative estimate of drug-likeness (QED) is 0.739. The molecule has 9 heteroatoms. The van der Waals surface area contributed by atoms with Gasteiger partial charge in [-0.1, -0.05) is 0 Å². The maximum absolute atomic E-state index is 9.38. The molecule has 0 saturated heterocycles. The molecule has 0 radical (unpaired) electrons. The number of hydrogen-bond acceptors (Lipinski definition) is 8. The third kappa shape index (κ3) is 2.60. The first-order chi connectivity index (χ1) is 8.94. The minimum Gasteiger partial charge on any atom is -0.394 e. The first-order valence-corrected chi connectivity index (χ1v) is 5.65. The zero-order chi connectivity index (χ0) is 14.0. The van der Waals surface area contributed by atoms with Crippen LogP contribution in [0.3, 0.4) is 0 Å². The normalized spacial score (nSPS) is 11.6.